The van der Waals surface area contributed by atoms with Crippen LogP contribution >= 0.6 is 11.6 Å². The fourth-order valence-electron chi connectivity index (χ4n) is 1.50. The average Bonchev–Trinajstić information content (AvgIpc) is 2.40. The zero-order valence-electron chi connectivity index (χ0n) is 9.35. The first-order valence-electron chi connectivity index (χ1n) is 5.03. The summed E-state index contributed by atoms with van der Waals surface area (Å²) in [4.78, 5) is 25.0. The second-order valence-electron chi connectivity index (χ2n) is 3.56. The smallest absolute Gasteiger partial charge is 0.273 e. The van der Waals surface area contributed by atoms with Gasteiger partial charge in [-0.3, -0.25) is 14.3 Å². The molecule has 0 radical (unpaired) electrons. The maximum atomic E-state index is 11.7. The molecular weight excluding hydrogens is 268 g/mol. The standard InChI is InChI=1S/C12H5ClN4O2/c13-9-2-1-7(4-14)3-10(9)17-6-8(5-15)11(18)16-12(17)19/h1-3,6H,(H,16,18,19). The summed E-state index contributed by atoms with van der Waals surface area (Å²) in [5, 5.41) is 17.8. The third-order valence-electron chi connectivity index (χ3n) is 2.40. The van der Waals surface area contributed by atoms with Crippen molar-refractivity contribution in [3.8, 4) is 17.8 Å². The van der Waals surface area contributed by atoms with Gasteiger partial charge in [-0.2, -0.15) is 10.5 Å². The zero-order valence-corrected chi connectivity index (χ0v) is 10.1. The number of nitriles is 2. The highest BCUT2D eigenvalue weighted by molar-refractivity contribution is 6.32. The number of rotatable bonds is 1. The Balaban J connectivity index is 2.80. The van der Waals surface area contributed by atoms with Gasteiger partial charge < -0.3 is 0 Å². The van der Waals surface area contributed by atoms with Crippen molar-refractivity contribution in [3.63, 3.8) is 0 Å². The summed E-state index contributed by atoms with van der Waals surface area (Å²) in [6, 6.07) is 7.93. The molecule has 0 aliphatic carbocycles. The zero-order chi connectivity index (χ0) is 14.0. The first-order chi connectivity index (χ1) is 9.06. The number of hydrogen-bond donors (Lipinski definition) is 1. The molecule has 0 saturated heterocycles. The van der Waals surface area contributed by atoms with Crippen LogP contribution in [0.2, 0.25) is 5.02 Å². The van der Waals surface area contributed by atoms with Gasteiger partial charge in [0.05, 0.1) is 22.3 Å². The molecule has 2 aromatic rings. The van der Waals surface area contributed by atoms with E-state index in [1.165, 1.54) is 18.2 Å². The van der Waals surface area contributed by atoms with Gasteiger partial charge >= 0.3 is 5.69 Å². The van der Waals surface area contributed by atoms with Gasteiger partial charge in [-0.15, -0.1) is 0 Å². The molecule has 1 heterocycles. The van der Waals surface area contributed by atoms with E-state index in [0.717, 1.165) is 10.8 Å². The number of aromatic nitrogens is 2. The molecule has 1 aromatic heterocycles. The molecular formula is C12H5ClN4O2. The fraction of sp³-hybridized carbons (Fsp3) is 0. The summed E-state index contributed by atoms with van der Waals surface area (Å²) >= 11 is 5.95. The van der Waals surface area contributed by atoms with E-state index in [1.54, 1.807) is 6.07 Å². The molecule has 0 spiro atoms. The monoisotopic (exact) mass is 272 g/mol. The summed E-state index contributed by atoms with van der Waals surface area (Å²) in [7, 11) is 0. The Labute approximate surface area is 111 Å². The number of H-pyrrole nitrogens is 1. The second-order valence-corrected chi connectivity index (χ2v) is 3.97. The Kier molecular flexibility index (Phi) is 3.19. The predicted molar refractivity (Wildman–Crippen MR) is 67.1 cm³/mol. The molecule has 0 unspecified atom stereocenters. The van der Waals surface area contributed by atoms with E-state index in [4.69, 9.17) is 22.1 Å². The largest absolute Gasteiger partial charge is 0.333 e. The number of aromatic amines is 1. The minimum atomic E-state index is -0.767. The number of halogens is 1. The topological polar surface area (TPSA) is 102 Å². The van der Waals surface area contributed by atoms with E-state index in [9.17, 15) is 9.59 Å². The van der Waals surface area contributed by atoms with Crippen molar-refractivity contribution in [1.82, 2.24) is 9.55 Å². The van der Waals surface area contributed by atoms with Crippen molar-refractivity contribution in [2.24, 2.45) is 0 Å². The van der Waals surface area contributed by atoms with Crippen LogP contribution in [0.3, 0.4) is 0 Å². The molecule has 0 aliphatic rings. The van der Waals surface area contributed by atoms with Crippen molar-refractivity contribution >= 4 is 11.6 Å². The molecule has 0 amide bonds. The van der Waals surface area contributed by atoms with E-state index in [2.05, 4.69) is 0 Å². The molecule has 0 atom stereocenters. The lowest BCUT2D eigenvalue weighted by Gasteiger charge is -2.07. The summed E-state index contributed by atoms with van der Waals surface area (Å²) in [6.45, 7) is 0. The van der Waals surface area contributed by atoms with E-state index in [-0.39, 0.29) is 16.3 Å². The quantitative estimate of drug-likeness (QED) is 0.834. The normalized spacial score (nSPS) is 9.63. The lowest BCUT2D eigenvalue weighted by molar-refractivity contribution is 0.889. The van der Waals surface area contributed by atoms with Crippen LogP contribution in [0.1, 0.15) is 11.1 Å². The molecule has 2 rings (SSSR count). The van der Waals surface area contributed by atoms with Gasteiger partial charge in [0, 0.05) is 6.20 Å². The molecule has 0 fully saturated rings. The Morgan fingerprint density at radius 1 is 1.21 bits per heavy atom. The van der Waals surface area contributed by atoms with Crippen LogP contribution in [0.4, 0.5) is 0 Å². The van der Waals surface area contributed by atoms with Crippen molar-refractivity contribution in [3.05, 3.63) is 61.4 Å². The Morgan fingerprint density at radius 2 is 1.95 bits per heavy atom. The van der Waals surface area contributed by atoms with E-state index < -0.39 is 11.2 Å². The summed E-state index contributed by atoms with van der Waals surface area (Å²) < 4.78 is 1.02. The summed E-state index contributed by atoms with van der Waals surface area (Å²) in [6.07, 6.45) is 1.09. The predicted octanol–water partition coefficient (Wildman–Crippen LogP) is 0.923. The Morgan fingerprint density at radius 3 is 2.58 bits per heavy atom. The third kappa shape index (κ3) is 2.25. The molecule has 19 heavy (non-hydrogen) atoms. The average molecular weight is 273 g/mol. The lowest BCUT2D eigenvalue weighted by Crippen LogP contribution is -2.30. The van der Waals surface area contributed by atoms with Gasteiger partial charge in [-0.1, -0.05) is 11.6 Å². The van der Waals surface area contributed by atoms with Crippen LogP contribution < -0.4 is 11.2 Å². The molecule has 1 N–H and O–H groups in total. The summed E-state index contributed by atoms with van der Waals surface area (Å²) in [5.41, 5.74) is -1.20. The third-order valence-corrected chi connectivity index (χ3v) is 2.72. The van der Waals surface area contributed by atoms with Gasteiger partial charge in [0.15, 0.2) is 0 Å². The maximum absolute atomic E-state index is 11.7. The highest BCUT2D eigenvalue weighted by Gasteiger charge is 2.09. The van der Waals surface area contributed by atoms with Gasteiger partial charge in [0.1, 0.15) is 11.6 Å². The van der Waals surface area contributed by atoms with Gasteiger partial charge in [0.2, 0.25) is 0 Å². The van der Waals surface area contributed by atoms with Crippen molar-refractivity contribution < 1.29 is 0 Å². The molecule has 6 nitrogen and oxygen atoms in total. The van der Waals surface area contributed by atoms with Gasteiger partial charge in [-0.25, -0.2) is 4.79 Å². The summed E-state index contributed by atoms with van der Waals surface area (Å²) in [5.74, 6) is 0. The number of nitrogens with one attached hydrogen (secondary N) is 1. The molecule has 92 valence electrons. The van der Waals surface area contributed by atoms with Crippen molar-refractivity contribution in [1.29, 1.82) is 10.5 Å². The Bertz CT molecular complexity index is 852. The number of nitrogens with zero attached hydrogens (tertiary/aromatic N) is 3. The second kappa shape index (κ2) is 4.81. The van der Waals surface area contributed by atoms with Crippen molar-refractivity contribution in [2.45, 2.75) is 0 Å². The number of hydrogen-bond acceptors (Lipinski definition) is 4. The van der Waals surface area contributed by atoms with Crippen LogP contribution in [0, 0.1) is 22.7 Å². The van der Waals surface area contributed by atoms with Gasteiger partial charge in [-0.05, 0) is 18.2 Å². The highest BCUT2D eigenvalue weighted by Crippen LogP contribution is 2.20. The minimum Gasteiger partial charge on any atom is -0.273 e. The molecule has 0 bridgehead atoms. The van der Waals surface area contributed by atoms with Crippen LogP contribution in [-0.2, 0) is 0 Å². The van der Waals surface area contributed by atoms with Gasteiger partial charge in [0.25, 0.3) is 5.56 Å². The maximum Gasteiger partial charge on any atom is 0.333 e. The van der Waals surface area contributed by atoms with E-state index in [1.807, 2.05) is 11.1 Å². The number of benzene rings is 1. The first-order valence-corrected chi connectivity index (χ1v) is 5.40. The van der Waals surface area contributed by atoms with E-state index >= 15 is 0 Å². The molecule has 0 saturated carbocycles. The van der Waals surface area contributed by atoms with Crippen LogP contribution in [0.15, 0.2) is 34.0 Å². The molecule has 7 heteroatoms. The Hall–Kier alpha value is -2.83. The fourth-order valence-corrected chi connectivity index (χ4v) is 1.71. The molecule has 1 aromatic carbocycles. The van der Waals surface area contributed by atoms with Crippen LogP contribution in [-0.4, -0.2) is 9.55 Å². The molecule has 0 aliphatic heterocycles. The minimum absolute atomic E-state index is 0.219. The highest BCUT2D eigenvalue weighted by atomic mass is 35.5. The van der Waals surface area contributed by atoms with Crippen molar-refractivity contribution in [2.75, 3.05) is 0 Å². The SMILES string of the molecule is N#Cc1ccc(Cl)c(-n2cc(C#N)c(=O)[nH]c2=O)c1. The van der Waals surface area contributed by atoms with E-state index in [0.29, 0.717) is 5.56 Å². The van der Waals surface area contributed by atoms with Crippen LogP contribution in [0.25, 0.3) is 5.69 Å². The first kappa shape index (κ1) is 12.6. The van der Waals surface area contributed by atoms with Crippen LogP contribution in [0.5, 0.6) is 0 Å². The lowest BCUT2D eigenvalue weighted by atomic mass is 10.2.